The maximum absolute atomic E-state index is 4.90. The van der Waals surface area contributed by atoms with Gasteiger partial charge in [0.25, 0.3) is 0 Å². The van der Waals surface area contributed by atoms with Crippen molar-refractivity contribution < 1.29 is 0 Å². The monoisotopic (exact) mass is 340 g/mol. The Kier molecular flexibility index (Phi) is 4.04. The Morgan fingerprint density at radius 2 is 1.92 bits per heavy atom. The van der Waals surface area contributed by atoms with Gasteiger partial charge in [-0.3, -0.25) is 4.40 Å². The number of rotatable bonds is 3. The van der Waals surface area contributed by atoms with E-state index in [0.717, 1.165) is 23.0 Å². The molecule has 0 atom stereocenters. The molecular formula is C19H24N4S. The van der Waals surface area contributed by atoms with E-state index in [1.54, 1.807) is 11.3 Å². The van der Waals surface area contributed by atoms with Crippen molar-refractivity contribution in [2.45, 2.75) is 58.9 Å². The van der Waals surface area contributed by atoms with Crippen molar-refractivity contribution in [2.75, 3.05) is 5.32 Å². The highest BCUT2D eigenvalue weighted by Gasteiger charge is 2.22. The van der Waals surface area contributed by atoms with Crippen LogP contribution in [0.3, 0.4) is 0 Å². The van der Waals surface area contributed by atoms with E-state index < -0.39 is 0 Å². The molecule has 24 heavy (non-hydrogen) atoms. The van der Waals surface area contributed by atoms with Gasteiger partial charge < -0.3 is 5.32 Å². The Bertz CT molecular complexity index is 871. The van der Waals surface area contributed by atoms with Gasteiger partial charge >= 0.3 is 0 Å². The lowest BCUT2D eigenvalue weighted by Crippen LogP contribution is -2.23. The molecule has 0 saturated heterocycles. The first-order valence-corrected chi connectivity index (χ1v) is 9.69. The van der Waals surface area contributed by atoms with Gasteiger partial charge in [0.15, 0.2) is 0 Å². The lowest BCUT2D eigenvalue weighted by molar-refractivity contribution is 0.461. The van der Waals surface area contributed by atoms with E-state index in [1.807, 2.05) is 6.92 Å². The quantitative estimate of drug-likeness (QED) is 0.719. The zero-order valence-electron chi connectivity index (χ0n) is 14.6. The summed E-state index contributed by atoms with van der Waals surface area (Å²) in [6, 6.07) is 4.84. The summed E-state index contributed by atoms with van der Waals surface area (Å²) in [6.07, 6.45) is 6.49. The van der Waals surface area contributed by atoms with Gasteiger partial charge in [-0.1, -0.05) is 19.3 Å². The fourth-order valence-electron chi connectivity index (χ4n) is 3.72. The third-order valence-corrected chi connectivity index (χ3v) is 5.95. The zero-order chi connectivity index (χ0) is 16.7. The topological polar surface area (TPSA) is 42.2 Å². The zero-order valence-corrected chi connectivity index (χ0v) is 15.4. The van der Waals surface area contributed by atoms with Crippen LogP contribution >= 0.6 is 11.3 Å². The number of aryl methyl sites for hydroxylation is 3. The van der Waals surface area contributed by atoms with Crippen molar-refractivity contribution in [2.24, 2.45) is 0 Å². The maximum Gasteiger partial charge on any atom is 0.236 e. The molecule has 0 amide bonds. The van der Waals surface area contributed by atoms with E-state index in [4.69, 9.17) is 4.98 Å². The minimum absolute atomic E-state index is 0.540. The van der Waals surface area contributed by atoms with E-state index in [9.17, 15) is 0 Å². The molecule has 0 spiro atoms. The largest absolute Gasteiger partial charge is 0.367 e. The third-order valence-electron chi connectivity index (χ3n) is 4.93. The van der Waals surface area contributed by atoms with Gasteiger partial charge in [0.05, 0.1) is 4.88 Å². The molecule has 1 aliphatic rings. The summed E-state index contributed by atoms with van der Waals surface area (Å²) in [6.45, 7) is 6.33. The molecule has 1 N–H and O–H groups in total. The highest BCUT2D eigenvalue weighted by atomic mass is 32.1. The Hall–Kier alpha value is -1.88. The molecule has 3 aromatic heterocycles. The standard InChI is InChI=1S/C19H24N4S/c1-12-9-10-24-17(12)16-18(21-15-7-5-4-6-8-15)23-14(3)11-13(2)20-19(23)22-16/h9-11,15,21H,4-8H2,1-3H3. The van der Waals surface area contributed by atoms with Crippen LogP contribution in [0.5, 0.6) is 0 Å². The lowest BCUT2D eigenvalue weighted by Gasteiger charge is -2.24. The molecule has 0 bridgehead atoms. The molecule has 4 rings (SSSR count). The lowest BCUT2D eigenvalue weighted by atomic mass is 9.95. The molecule has 5 heteroatoms. The summed E-state index contributed by atoms with van der Waals surface area (Å²) in [5, 5.41) is 5.96. The summed E-state index contributed by atoms with van der Waals surface area (Å²) < 4.78 is 2.19. The number of anilines is 1. The molecule has 126 valence electrons. The van der Waals surface area contributed by atoms with Crippen LogP contribution < -0.4 is 5.32 Å². The summed E-state index contributed by atoms with van der Waals surface area (Å²) in [7, 11) is 0. The van der Waals surface area contributed by atoms with Crippen molar-refractivity contribution in [1.82, 2.24) is 14.4 Å². The van der Waals surface area contributed by atoms with Crippen molar-refractivity contribution in [3.63, 3.8) is 0 Å². The molecule has 3 heterocycles. The average molecular weight is 340 g/mol. The predicted octanol–water partition coefficient (Wildman–Crippen LogP) is 5.13. The van der Waals surface area contributed by atoms with Crippen molar-refractivity contribution in [3.8, 4) is 10.6 Å². The number of thiophene rings is 1. The van der Waals surface area contributed by atoms with Crippen LogP contribution in [0.2, 0.25) is 0 Å². The minimum atomic E-state index is 0.540. The smallest absolute Gasteiger partial charge is 0.236 e. The van der Waals surface area contributed by atoms with Gasteiger partial charge in [-0.2, -0.15) is 0 Å². The second-order valence-corrected chi connectivity index (χ2v) is 7.81. The maximum atomic E-state index is 4.90. The van der Waals surface area contributed by atoms with Crippen LogP contribution in [0.25, 0.3) is 16.3 Å². The average Bonchev–Trinajstić information content (AvgIpc) is 3.12. The first-order valence-electron chi connectivity index (χ1n) is 8.81. The van der Waals surface area contributed by atoms with E-state index >= 15 is 0 Å². The summed E-state index contributed by atoms with van der Waals surface area (Å²) in [5.74, 6) is 1.92. The van der Waals surface area contributed by atoms with Gasteiger partial charge in [-0.15, -0.1) is 11.3 Å². The number of nitrogens with one attached hydrogen (secondary N) is 1. The highest BCUT2D eigenvalue weighted by Crippen LogP contribution is 2.36. The van der Waals surface area contributed by atoms with E-state index in [2.05, 4.69) is 46.1 Å². The van der Waals surface area contributed by atoms with Gasteiger partial charge in [0, 0.05) is 17.4 Å². The molecule has 0 aromatic carbocycles. The van der Waals surface area contributed by atoms with Crippen LogP contribution in [0.15, 0.2) is 17.5 Å². The number of aromatic nitrogens is 3. The molecule has 0 radical (unpaired) electrons. The first-order chi connectivity index (χ1) is 11.6. The normalized spacial score (nSPS) is 16.0. The number of nitrogens with zero attached hydrogens (tertiary/aromatic N) is 3. The fraction of sp³-hybridized carbons (Fsp3) is 0.474. The number of hydrogen-bond donors (Lipinski definition) is 1. The van der Waals surface area contributed by atoms with Crippen molar-refractivity contribution in [1.29, 1.82) is 0 Å². The van der Waals surface area contributed by atoms with Crippen LogP contribution in [0.4, 0.5) is 5.82 Å². The Morgan fingerprint density at radius 3 is 2.62 bits per heavy atom. The molecular weight excluding hydrogens is 316 g/mol. The van der Waals surface area contributed by atoms with Gasteiger partial charge in [0.2, 0.25) is 5.78 Å². The van der Waals surface area contributed by atoms with Crippen molar-refractivity contribution in [3.05, 3.63) is 34.5 Å². The summed E-state index contributed by atoms with van der Waals surface area (Å²) in [4.78, 5) is 10.8. The Balaban J connectivity index is 1.88. The molecule has 1 fully saturated rings. The Morgan fingerprint density at radius 1 is 1.12 bits per heavy atom. The highest BCUT2D eigenvalue weighted by molar-refractivity contribution is 7.13. The molecule has 0 unspecified atom stereocenters. The van der Waals surface area contributed by atoms with Crippen LogP contribution in [0, 0.1) is 20.8 Å². The molecule has 0 aliphatic heterocycles. The van der Waals surface area contributed by atoms with Gasteiger partial charge in [-0.25, -0.2) is 9.97 Å². The summed E-state index contributed by atoms with van der Waals surface area (Å²) >= 11 is 1.76. The SMILES string of the molecule is Cc1cc(C)n2c(NC3CCCCC3)c(-c3sccc3C)nc2n1. The second kappa shape index (κ2) is 6.20. The number of imidazole rings is 1. The number of fused-ring (bicyclic) bond motifs is 1. The second-order valence-electron chi connectivity index (χ2n) is 6.90. The van der Waals surface area contributed by atoms with Crippen LogP contribution in [-0.2, 0) is 0 Å². The van der Waals surface area contributed by atoms with Gasteiger partial charge in [0.1, 0.15) is 11.5 Å². The Labute approximate surface area is 147 Å². The summed E-state index contributed by atoms with van der Waals surface area (Å²) in [5.41, 5.74) is 4.53. The fourth-order valence-corrected chi connectivity index (χ4v) is 4.64. The van der Waals surface area contributed by atoms with E-state index in [1.165, 1.54) is 48.2 Å². The predicted molar refractivity (Wildman–Crippen MR) is 101 cm³/mol. The van der Waals surface area contributed by atoms with Crippen LogP contribution in [-0.4, -0.2) is 20.4 Å². The minimum Gasteiger partial charge on any atom is -0.367 e. The molecule has 3 aromatic rings. The molecule has 1 aliphatic carbocycles. The van der Waals surface area contributed by atoms with Crippen LogP contribution in [0.1, 0.15) is 49.1 Å². The van der Waals surface area contributed by atoms with E-state index in [0.29, 0.717) is 6.04 Å². The number of hydrogen-bond acceptors (Lipinski definition) is 4. The third kappa shape index (κ3) is 2.71. The molecule has 4 nitrogen and oxygen atoms in total. The van der Waals surface area contributed by atoms with Crippen molar-refractivity contribution >= 4 is 22.9 Å². The van der Waals surface area contributed by atoms with E-state index in [-0.39, 0.29) is 0 Å². The first kappa shape index (κ1) is 15.6. The van der Waals surface area contributed by atoms with Gasteiger partial charge in [-0.05, 0) is 56.7 Å². The molecule has 1 saturated carbocycles.